The van der Waals surface area contributed by atoms with E-state index >= 15 is 0 Å². The number of hydrogen-bond donors (Lipinski definition) is 1. The molecule has 2 aliphatic rings. The minimum atomic E-state index is 0. The number of fused-ring (bicyclic) bond motifs is 1. The predicted octanol–water partition coefficient (Wildman–Crippen LogP) is 4.12. The Morgan fingerprint density at radius 3 is 2.47 bits per heavy atom. The van der Waals surface area contributed by atoms with Gasteiger partial charge < -0.3 is 14.8 Å². The number of carbonyl (C=O) groups excluding carboxylic acids is 1. The minimum absolute atomic E-state index is 0. The van der Waals surface area contributed by atoms with Gasteiger partial charge in [-0.05, 0) is 68.5 Å². The van der Waals surface area contributed by atoms with Gasteiger partial charge in [-0.15, -0.1) is 12.4 Å². The zero-order valence-corrected chi connectivity index (χ0v) is 19.1. The Morgan fingerprint density at radius 2 is 1.72 bits per heavy atom. The summed E-state index contributed by atoms with van der Waals surface area (Å²) in [6.45, 7) is 4.50. The number of carbonyl (C=O) groups is 1. The fourth-order valence-electron chi connectivity index (χ4n) is 4.80. The summed E-state index contributed by atoms with van der Waals surface area (Å²) in [5.41, 5.74) is 4.01. The van der Waals surface area contributed by atoms with Gasteiger partial charge in [0.2, 0.25) is 5.91 Å². The topological polar surface area (TPSA) is 66.3 Å². The number of benzene rings is 1. The third-order valence-corrected chi connectivity index (χ3v) is 6.52. The maximum atomic E-state index is 12.6. The van der Waals surface area contributed by atoms with Crippen LogP contribution in [0.3, 0.4) is 0 Å². The summed E-state index contributed by atoms with van der Waals surface area (Å²) in [6, 6.07) is 12.6. The predicted molar refractivity (Wildman–Crippen MR) is 131 cm³/mol. The van der Waals surface area contributed by atoms with Crippen molar-refractivity contribution in [2.45, 2.75) is 38.1 Å². The molecule has 2 aromatic heterocycles. The van der Waals surface area contributed by atoms with Crippen molar-refractivity contribution in [1.82, 2.24) is 19.4 Å². The van der Waals surface area contributed by atoms with Gasteiger partial charge in [0.25, 0.3) is 0 Å². The van der Waals surface area contributed by atoms with E-state index in [1.165, 1.54) is 24.9 Å². The zero-order chi connectivity index (χ0) is 21.0. The Balaban J connectivity index is 0.00000245. The third-order valence-electron chi connectivity index (χ3n) is 6.52. The molecule has 170 valence electrons. The molecule has 7 nitrogen and oxygen atoms in total. The van der Waals surface area contributed by atoms with E-state index in [1.807, 2.05) is 36.8 Å². The number of nitrogens with one attached hydrogen (secondary N) is 1. The van der Waals surface area contributed by atoms with E-state index in [1.54, 1.807) is 0 Å². The zero-order valence-electron chi connectivity index (χ0n) is 18.3. The SMILES string of the molecule is Cl.O=C(CN1CCC(n2cnc3cccnc32)CC1)Nc1ccc(N2CCCCC2)cc1. The van der Waals surface area contributed by atoms with Crippen LogP contribution in [0.25, 0.3) is 11.2 Å². The van der Waals surface area contributed by atoms with E-state index in [0.717, 1.165) is 55.9 Å². The molecule has 4 heterocycles. The molecule has 1 amide bonds. The van der Waals surface area contributed by atoms with Crippen LogP contribution in [0.5, 0.6) is 0 Å². The van der Waals surface area contributed by atoms with Gasteiger partial charge in [0.15, 0.2) is 5.65 Å². The maximum absolute atomic E-state index is 12.6. The molecule has 0 radical (unpaired) electrons. The second-order valence-electron chi connectivity index (χ2n) is 8.65. The summed E-state index contributed by atoms with van der Waals surface area (Å²) in [5, 5.41) is 3.06. The first kappa shape index (κ1) is 22.6. The van der Waals surface area contributed by atoms with Gasteiger partial charge in [-0.3, -0.25) is 9.69 Å². The smallest absolute Gasteiger partial charge is 0.238 e. The highest BCUT2D eigenvalue weighted by Gasteiger charge is 2.23. The van der Waals surface area contributed by atoms with E-state index in [-0.39, 0.29) is 18.3 Å². The van der Waals surface area contributed by atoms with Crippen molar-refractivity contribution in [2.75, 3.05) is 42.9 Å². The molecule has 5 rings (SSSR count). The highest BCUT2D eigenvalue weighted by molar-refractivity contribution is 5.92. The molecule has 0 atom stereocenters. The van der Waals surface area contributed by atoms with Crippen LogP contribution in [0, 0.1) is 0 Å². The molecule has 8 heteroatoms. The molecule has 2 fully saturated rings. The van der Waals surface area contributed by atoms with Crippen molar-refractivity contribution in [1.29, 1.82) is 0 Å². The Morgan fingerprint density at radius 1 is 0.969 bits per heavy atom. The summed E-state index contributed by atoms with van der Waals surface area (Å²) in [5.74, 6) is 0.0546. The number of aromatic nitrogens is 3. The molecule has 0 bridgehead atoms. The summed E-state index contributed by atoms with van der Waals surface area (Å²) in [6.07, 6.45) is 9.58. The second-order valence-corrected chi connectivity index (χ2v) is 8.65. The van der Waals surface area contributed by atoms with Crippen LogP contribution in [0.15, 0.2) is 48.9 Å². The highest BCUT2D eigenvalue weighted by Crippen LogP contribution is 2.26. The number of piperidine rings is 2. The fourth-order valence-corrected chi connectivity index (χ4v) is 4.80. The number of amides is 1. The Hall–Kier alpha value is -2.64. The lowest BCUT2D eigenvalue weighted by atomic mass is 10.0. The van der Waals surface area contributed by atoms with Crippen LogP contribution in [0.2, 0.25) is 0 Å². The number of anilines is 2. The molecule has 2 aliphatic heterocycles. The van der Waals surface area contributed by atoms with Gasteiger partial charge in [0.05, 0.1) is 12.9 Å². The quantitative estimate of drug-likeness (QED) is 0.628. The van der Waals surface area contributed by atoms with Crippen molar-refractivity contribution in [3.8, 4) is 0 Å². The van der Waals surface area contributed by atoms with E-state index in [2.05, 4.69) is 41.8 Å². The minimum Gasteiger partial charge on any atom is -0.372 e. The molecular weight excluding hydrogens is 424 g/mol. The number of nitrogens with zero attached hydrogens (tertiary/aromatic N) is 5. The number of rotatable bonds is 5. The summed E-state index contributed by atoms with van der Waals surface area (Å²) in [4.78, 5) is 26.2. The lowest BCUT2D eigenvalue weighted by Crippen LogP contribution is -2.39. The van der Waals surface area contributed by atoms with E-state index < -0.39 is 0 Å². The van der Waals surface area contributed by atoms with Crippen molar-refractivity contribution >= 4 is 40.9 Å². The Kier molecular flexibility index (Phi) is 7.27. The first-order valence-electron chi connectivity index (χ1n) is 11.4. The van der Waals surface area contributed by atoms with Gasteiger partial charge in [-0.1, -0.05) is 0 Å². The van der Waals surface area contributed by atoms with Crippen LogP contribution >= 0.6 is 12.4 Å². The van der Waals surface area contributed by atoms with Gasteiger partial charge in [0, 0.05) is 49.8 Å². The van der Waals surface area contributed by atoms with Crippen molar-refractivity contribution < 1.29 is 4.79 Å². The lowest BCUT2D eigenvalue weighted by Gasteiger charge is -2.32. The van der Waals surface area contributed by atoms with Crippen molar-refractivity contribution in [2.24, 2.45) is 0 Å². The monoisotopic (exact) mass is 454 g/mol. The van der Waals surface area contributed by atoms with Gasteiger partial charge in [0.1, 0.15) is 5.52 Å². The molecule has 2 saturated heterocycles. The van der Waals surface area contributed by atoms with Gasteiger partial charge >= 0.3 is 0 Å². The fraction of sp³-hybridized carbons (Fsp3) is 0.458. The summed E-state index contributed by atoms with van der Waals surface area (Å²) >= 11 is 0. The van der Waals surface area contributed by atoms with Crippen LogP contribution in [-0.2, 0) is 4.79 Å². The number of hydrogen-bond acceptors (Lipinski definition) is 5. The first-order chi connectivity index (χ1) is 15.3. The molecule has 1 aromatic carbocycles. The largest absolute Gasteiger partial charge is 0.372 e. The Labute approximate surface area is 195 Å². The van der Waals surface area contributed by atoms with Crippen molar-refractivity contribution in [3.63, 3.8) is 0 Å². The number of imidazole rings is 1. The molecule has 1 N–H and O–H groups in total. The van der Waals surface area contributed by atoms with Gasteiger partial charge in [-0.25, -0.2) is 9.97 Å². The average Bonchev–Trinajstić information content (AvgIpc) is 3.25. The standard InChI is InChI=1S/C24H30N6O.ClH/c31-23(27-19-6-8-20(9-7-19)29-13-2-1-3-14-29)17-28-15-10-21(11-16-28)30-18-26-22-5-4-12-25-24(22)30;/h4-9,12,18,21H,1-3,10-11,13-17H2,(H,27,31);1H. The molecule has 0 saturated carbocycles. The normalized spacial score (nSPS) is 17.8. The van der Waals surface area contributed by atoms with Crippen LogP contribution in [-0.4, -0.2) is 58.1 Å². The first-order valence-corrected chi connectivity index (χ1v) is 11.4. The molecule has 3 aromatic rings. The van der Waals surface area contributed by atoms with E-state index in [4.69, 9.17) is 0 Å². The van der Waals surface area contributed by atoms with Gasteiger partial charge in [-0.2, -0.15) is 0 Å². The average molecular weight is 455 g/mol. The van der Waals surface area contributed by atoms with E-state index in [0.29, 0.717) is 12.6 Å². The van der Waals surface area contributed by atoms with Crippen LogP contribution < -0.4 is 10.2 Å². The number of pyridine rings is 1. The molecule has 0 spiro atoms. The molecular formula is C24H31ClN6O. The summed E-state index contributed by atoms with van der Waals surface area (Å²) < 4.78 is 2.19. The Bertz CT molecular complexity index is 1020. The van der Waals surface area contributed by atoms with E-state index in [9.17, 15) is 4.79 Å². The number of likely N-dealkylation sites (tertiary alicyclic amines) is 1. The van der Waals surface area contributed by atoms with Crippen LogP contribution in [0.1, 0.15) is 38.1 Å². The molecule has 32 heavy (non-hydrogen) atoms. The maximum Gasteiger partial charge on any atom is 0.238 e. The molecule has 0 aliphatic carbocycles. The lowest BCUT2D eigenvalue weighted by molar-refractivity contribution is -0.117. The highest BCUT2D eigenvalue weighted by atomic mass is 35.5. The molecule has 0 unspecified atom stereocenters. The third kappa shape index (κ3) is 5.05. The number of halogens is 1. The second kappa shape index (κ2) is 10.3. The van der Waals surface area contributed by atoms with Crippen LogP contribution in [0.4, 0.5) is 11.4 Å². The summed E-state index contributed by atoms with van der Waals surface area (Å²) in [7, 11) is 0. The van der Waals surface area contributed by atoms with Crippen molar-refractivity contribution in [3.05, 3.63) is 48.9 Å².